The summed E-state index contributed by atoms with van der Waals surface area (Å²) in [4.78, 5) is 5.19. The quantitative estimate of drug-likeness (QED) is 0.794. The first-order valence-electron chi connectivity index (χ1n) is 6.01. The number of fused-ring (bicyclic) bond motifs is 1. The monoisotopic (exact) mass is 313 g/mol. The lowest BCUT2D eigenvalue weighted by Crippen LogP contribution is -2.18. The van der Waals surface area contributed by atoms with Gasteiger partial charge in [-0.3, -0.25) is 4.40 Å². The van der Waals surface area contributed by atoms with Crippen LogP contribution in [-0.4, -0.2) is 15.7 Å². The number of imidazole rings is 1. The second kappa shape index (κ2) is 5.28. The van der Waals surface area contributed by atoms with Gasteiger partial charge in [-0.15, -0.1) is 24.5 Å². The normalized spacial score (nSPS) is 11.8. The summed E-state index contributed by atoms with van der Waals surface area (Å²) in [7, 11) is 0. The zero-order valence-corrected chi connectivity index (χ0v) is 11.4. The molecule has 0 amide bonds. The molecular formula is C13H10F3N3OS. The minimum Gasteiger partial charge on any atom is -0.404 e. The largest absolute Gasteiger partial charge is 0.573 e. The van der Waals surface area contributed by atoms with Crippen molar-refractivity contribution in [3.8, 4) is 5.75 Å². The molecule has 0 atom stereocenters. The number of hydrogen-bond acceptors (Lipinski definition) is 4. The number of aromatic nitrogens is 2. The molecule has 0 aliphatic carbocycles. The maximum absolute atomic E-state index is 12.3. The van der Waals surface area contributed by atoms with Crippen LogP contribution in [0.25, 0.3) is 4.96 Å². The van der Waals surface area contributed by atoms with Gasteiger partial charge in [0, 0.05) is 17.8 Å². The number of rotatable bonds is 4. The molecule has 3 aromatic rings. The predicted octanol–water partition coefficient (Wildman–Crippen LogP) is 3.91. The summed E-state index contributed by atoms with van der Waals surface area (Å²) in [5.74, 6) is -0.258. The van der Waals surface area contributed by atoms with E-state index in [9.17, 15) is 13.2 Å². The molecule has 0 aliphatic rings. The second-order valence-corrected chi connectivity index (χ2v) is 5.10. The number of ether oxygens (including phenoxy) is 1. The third-order valence-electron chi connectivity index (χ3n) is 2.72. The van der Waals surface area contributed by atoms with Gasteiger partial charge in [0.25, 0.3) is 0 Å². The molecule has 4 nitrogen and oxygen atoms in total. The molecule has 3 rings (SSSR count). The Morgan fingerprint density at radius 1 is 1.29 bits per heavy atom. The Hall–Kier alpha value is -2.22. The highest BCUT2D eigenvalue weighted by Crippen LogP contribution is 2.30. The Balaban J connectivity index is 1.74. The second-order valence-electron chi connectivity index (χ2n) is 4.22. The van der Waals surface area contributed by atoms with E-state index in [1.165, 1.54) is 29.5 Å². The fourth-order valence-electron chi connectivity index (χ4n) is 1.87. The molecular weight excluding hydrogens is 303 g/mol. The van der Waals surface area contributed by atoms with Crippen molar-refractivity contribution < 1.29 is 17.9 Å². The summed E-state index contributed by atoms with van der Waals surface area (Å²) in [6.07, 6.45) is -1.02. The molecule has 0 saturated heterocycles. The van der Waals surface area contributed by atoms with Gasteiger partial charge < -0.3 is 10.1 Å². The van der Waals surface area contributed by atoms with Crippen molar-refractivity contribution in [3.63, 3.8) is 0 Å². The number of nitrogens with zero attached hydrogens (tertiary/aromatic N) is 2. The van der Waals surface area contributed by atoms with Crippen LogP contribution in [0.1, 0.15) is 5.69 Å². The predicted molar refractivity (Wildman–Crippen MR) is 73.5 cm³/mol. The first kappa shape index (κ1) is 13.7. The van der Waals surface area contributed by atoms with Gasteiger partial charge in [-0.2, -0.15) is 0 Å². The van der Waals surface area contributed by atoms with Crippen LogP contribution in [0.15, 0.2) is 42.0 Å². The topological polar surface area (TPSA) is 38.6 Å². The standard InChI is InChI=1S/C13H10F3N3OS/c14-13(15,16)20-11-4-2-1-3-10(11)17-7-9-8-19-5-6-21-12(19)18-9/h1-6,8,17H,7H2. The number of halogens is 3. The van der Waals surface area contributed by atoms with Crippen LogP contribution in [-0.2, 0) is 6.54 Å². The van der Waals surface area contributed by atoms with Gasteiger partial charge in [-0.25, -0.2) is 4.98 Å². The fourth-order valence-corrected chi connectivity index (χ4v) is 2.59. The number of thiazole rings is 1. The Morgan fingerprint density at radius 2 is 2.10 bits per heavy atom. The Labute approximate surface area is 121 Å². The van der Waals surface area contributed by atoms with Crippen molar-refractivity contribution in [2.45, 2.75) is 12.9 Å². The van der Waals surface area contributed by atoms with E-state index in [4.69, 9.17) is 0 Å². The van der Waals surface area contributed by atoms with E-state index in [0.29, 0.717) is 6.54 Å². The average molecular weight is 313 g/mol. The lowest BCUT2D eigenvalue weighted by Gasteiger charge is -2.13. The van der Waals surface area contributed by atoms with Gasteiger partial charge in [0.15, 0.2) is 10.7 Å². The molecule has 21 heavy (non-hydrogen) atoms. The fraction of sp³-hybridized carbons (Fsp3) is 0.154. The molecule has 0 radical (unpaired) electrons. The summed E-state index contributed by atoms with van der Waals surface area (Å²) in [5.41, 5.74) is 1.01. The minimum absolute atomic E-state index is 0.258. The van der Waals surface area contributed by atoms with E-state index in [1.54, 1.807) is 6.07 Å². The molecule has 2 aromatic heterocycles. The first-order valence-corrected chi connectivity index (χ1v) is 6.89. The Kier molecular flexibility index (Phi) is 3.46. The Morgan fingerprint density at radius 3 is 2.86 bits per heavy atom. The van der Waals surface area contributed by atoms with Gasteiger partial charge in [0.05, 0.1) is 17.9 Å². The lowest BCUT2D eigenvalue weighted by atomic mass is 10.3. The SMILES string of the molecule is FC(F)(F)Oc1ccccc1NCc1cn2ccsc2n1. The van der Waals surface area contributed by atoms with Gasteiger partial charge in [-0.05, 0) is 12.1 Å². The van der Waals surface area contributed by atoms with Crippen molar-refractivity contribution >= 4 is 22.0 Å². The maximum atomic E-state index is 12.3. The molecule has 2 heterocycles. The number of nitrogens with one attached hydrogen (secondary N) is 1. The van der Waals surface area contributed by atoms with Crippen LogP contribution in [0.2, 0.25) is 0 Å². The summed E-state index contributed by atoms with van der Waals surface area (Å²) in [6.45, 7) is 0.312. The smallest absolute Gasteiger partial charge is 0.404 e. The molecule has 0 spiro atoms. The zero-order valence-electron chi connectivity index (χ0n) is 10.6. The highest BCUT2D eigenvalue weighted by molar-refractivity contribution is 7.15. The highest BCUT2D eigenvalue weighted by atomic mass is 32.1. The minimum atomic E-state index is -4.71. The summed E-state index contributed by atoms with van der Waals surface area (Å²) in [5, 5.41) is 4.82. The molecule has 0 fully saturated rings. The van der Waals surface area contributed by atoms with Gasteiger partial charge in [0.2, 0.25) is 0 Å². The molecule has 0 aliphatic heterocycles. The van der Waals surface area contributed by atoms with Crippen LogP contribution >= 0.6 is 11.3 Å². The van der Waals surface area contributed by atoms with E-state index in [0.717, 1.165) is 10.7 Å². The number of benzene rings is 1. The number of para-hydroxylation sites is 2. The van der Waals surface area contributed by atoms with Crippen LogP contribution in [0.5, 0.6) is 5.75 Å². The van der Waals surface area contributed by atoms with E-state index >= 15 is 0 Å². The van der Waals surface area contributed by atoms with Crippen molar-refractivity contribution in [2.24, 2.45) is 0 Å². The van der Waals surface area contributed by atoms with Crippen molar-refractivity contribution in [3.05, 3.63) is 47.7 Å². The summed E-state index contributed by atoms with van der Waals surface area (Å²) >= 11 is 1.49. The van der Waals surface area contributed by atoms with Crippen LogP contribution in [0, 0.1) is 0 Å². The highest BCUT2D eigenvalue weighted by Gasteiger charge is 2.32. The molecule has 8 heteroatoms. The number of alkyl halides is 3. The van der Waals surface area contributed by atoms with E-state index in [1.807, 2.05) is 22.2 Å². The van der Waals surface area contributed by atoms with Crippen molar-refractivity contribution in [1.29, 1.82) is 0 Å². The van der Waals surface area contributed by atoms with Crippen LogP contribution in [0.3, 0.4) is 0 Å². The number of hydrogen-bond donors (Lipinski definition) is 1. The lowest BCUT2D eigenvalue weighted by molar-refractivity contribution is -0.274. The number of anilines is 1. The molecule has 0 unspecified atom stereocenters. The molecule has 0 bridgehead atoms. The van der Waals surface area contributed by atoms with Crippen molar-refractivity contribution in [2.75, 3.05) is 5.32 Å². The molecule has 0 saturated carbocycles. The van der Waals surface area contributed by atoms with Gasteiger partial charge in [0.1, 0.15) is 0 Å². The van der Waals surface area contributed by atoms with E-state index in [-0.39, 0.29) is 11.4 Å². The molecule has 1 aromatic carbocycles. The van der Waals surface area contributed by atoms with Gasteiger partial charge in [-0.1, -0.05) is 12.1 Å². The summed E-state index contributed by atoms with van der Waals surface area (Å²) in [6, 6.07) is 5.91. The third kappa shape index (κ3) is 3.27. The van der Waals surface area contributed by atoms with Crippen LogP contribution < -0.4 is 10.1 Å². The van der Waals surface area contributed by atoms with E-state index < -0.39 is 6.36 Å². The zero-order chi connectivity index (χ0) is 14.9. The molecule has 1 N–H and O–H groups in total. The van der Waals surface area contributed by atoms with Crippen LogP contribution in [0.4, 0.5) is 18.9 Å². The summed E-state index contributed by atoms with van der Waals surface area (Å²) < 4.78 is 42.8. The van der Waals surface area contributed by atoms with Gasteiger partial charge >= 0.3 is 6.36 Å². The maximum Gasteiger partial charge on any atom is 0.573 e. The molecule has 110 valence electrons. The van der Waals surface area contributed by atoms with Crippen molar-refractivity contribution in [1.82, 2.24) is 9.38 Å². The van der Waals surface area contributed by atoms with E-state index in [2.05, 4.69) is 15.0 Å². The average Bonchev–Trinajstić information content (AvgIpc) is 2.96. The third-order valence-corrected chi connectivity index (χ3v) is 3.49. The first-order chi connectivity index (χ1) is 10.0. The Bertz CT molecular complexity index is 722.